The molecule has 0 aliphatic heterocycles. The molecule has 19 heavy (non-hydrogen) atoms. The Hall–Kier alpha value is -1.55. The smallest absolute Gasteiger partial charge is 0.221 e. The van der Waals surface area contributed by atoms with Crippen LogP contribution in [0, 0.1) is 13.8 Å². The Bertz CT molecular complexity index is 416. The summed E-state index contributed by atoms with van der Waals surface area (Å²) >= 11 is 0. The molecule has 4 nitrogen and oxygen atoms in total. The van der Waals surface area contributed by atoms with Gasteiger partial charge in [-0.1, -0.05) is 12.1 Å². The highest BCUT2D eigenvalue weighted by Gasteiger charge is 2.02. The second-order valence-corrected chi connectivity index (χ2v) is 5.15. The Morgan fingerprint density at radius 2 is 1.95 bits per heavy atom. The summed E-state index contributed by atoms with van der Waals surface area (Å²) in [5.74, 6) is 0.0969. The maximum atomic E-state index is 11.6. The van der Waals surface area contributed by atoms with E-state index in [1.165, 1.54) is 11.1 Å². The number of carbonyl (C=O) groups is 1. The number of benzene rings is 1. The number of aryl methyl sites for hydroxylation is 2. The van der Waals surface area contributed by atoms with E-state index in [1.807, 2.05) is 14.1 Å². The molecule has 1 aromatic carbocycles. The quantitative estimate of drug-likeness (QED) is 0.788. The summed E-state index contributed by atoms with van der Waals surface area (Å²) < 4.78 is 0. The number of hydrogen-bond acceptors (Lipinski definition) is 3. The summed E-state index contributed by atoms with van der Waals surface area (Å²) in [5, 5.41) is 6.22. The second-order valence-electron chi connectivity index (χ2n) is 5.15. The molecule has 2 N–H and O–H groups in total. The second kappa shape index (κ2) is 7.79. The molecule has 0 aromatic heterocycles. The fraction of sp³-hybridized carbons (Fsp3) is 0.533. The predicted octanol–water partition coefficient (Wildman–Crippen LogP) is 1.78. The van der Waals surface area contributed by atoms with Crippen LogP contribution in [0.3, 0.4) is 0 Å². The van der Waals surface area contributed by atoms with Crippen molar-refractivity contribution >= 4 is 11.6 Å². The number of amides is 1. The highest BCUT2D eigenvalue weighted by atomic mass is 16.1. The Balaban J connectivity index is 2.26. The molecule has 4 heteroatoms. The number of anilines is 1. The van der Waals surface area contributed by atoms with Crippen LogP contribution in [0.2, 0.25) is 0 Å². The van der Waals surface area contributed by atoms with Crippen molar-refractivity contribution in [2.75, 3.05) is 39.0 Å². The van der Waals surface area contributed by atoms with Gasteiger partial charge in [0.2, 0.25) is 5.91 Å². The van der Waals surface area contributed by atoms with Crippen molar-refractivity contribution in [1.82, 2.24) is 10.2 Å². The van der Waals surface area contributed by atoms with E-state index in [-0.39, 0.29) is 5.91 Å². The van der Waals surface area contributed by atoms with Crippen LogP contribution in [-0.2, 0) is 4.79 Å². The number of hydrogen-bond donors (Lipinski definition) is 2. The number of rotatable bonds is 7. The van der Waals surface area contributed by atoms with Crippen LogP contribution in [0.5, 0.6) is 0 Å². The third-order valence-corrected chi connectivity index (χ3v) is 2.94. The van der Waals surface area contributed by atoms with Crippen molar-refractivity contribution in [2.24, 2.45) is 0 Å². The van der Waals surface area contributed by atoms with Gasteiger partial charge in [0.25, 0.3) is 0 Å². The number of nitrogens with one attached hydrogen (secondary N) is 2. The van der Waals surface area contributed by atoms with Gasteiger partial charge in [-0.15, -0.1) is 0 Å². The molecule has 1 rings (SSSR count). The molecule has 0 radical (unpaired) electrons. The van der Waals surface area contributed by atoms with Crippen molar-refractivity contribution < 1.29 is 4.79 Å². The Morgan fingerprint density at radius 1 is 1.21 bits per heavy atom. The van der Waals surface area contributed by atoms with E-state index in [0.29, 0.717) is 19.5 Å². The van der Waals surface area contributed by atoms with Crippen molar-refractivity contribution in [1.29, 1.82) is 0 Å². The summed E-state index contributed by atoms with van der Waals surface area (Å²) in [6.45, 7) is 6.38. The molecule has 0 saturated heterocycles. The highest BCUT2D eigenvalue weighted by molar-refractivity contribution is 5.76. The van der Waals surface area contributed by atoms with Crippen molar-refractivity contribution in [3.05, 3.63) is 29.3 Å². The molecule has 1 amide bonds. The van der Waals surface area contributed by atoms with E-state index >= 15 is 0 Å². The van der Waals surface area contributed by atoms with Gasteiger partial charge in [-0.05, 0) is 45.1 Å². The molecule has 0 atom stereocenters. The third-order valence-electron chi connectivity index (χ3n) is 2.94. The van der Waals surface area contributed by atoms with Gasteiger partial charge >= 0.3 is 0 Å². The molecule has 0 saturated carbocycles. The normalized spacial score (nSPS) is 10.6. The van der Waals surface area contributed by atoms with E-state index in [9.17, 15) is 4.79 Å². The first-order valence-corrected chi connectivity index (χ1v) is 6.71. The van der Waals surface area contributed by atoms with E-state index < -0.39 is 0 Å². The maximum Gasteiger partial charge on any atom is 0.221 e. The molecule has 1 aromatic rings. The van der Waals surface area contributed by atoms with Crippen molar-refractivity contribution in [2.45, 2.75) is 20.3 Å². The molecule has 106 valence electrons. The zero-order valence-corrected chi connectivity index (χ0v) is 12.4. The molecular formula is C15H25N3O. The maximum absolute atomic E-state index is 11.6. The monoisotopic (exact) mass is 263 g/mol. The fourth-order valence-electron chi connectivity index (χ4n) is 1.74. The van der Waals surface area contributed by atoms with E-state index in [0.717, 1.165) is 12.2 Å². The first-order chi connectivity index (χ1) is 8.99. The molecular weight excluding hydrogens is 238 g/mol. The van der Waals surface area contributed by atoms with Crippen LogP contribution in [0.4, 0.5) is 5.69 Å². The van der Waals surface area contributed by atoms with Crippen molar-refractivity contribution in [3.8, 4) is 0 Å². The van der Waals surface area contributed by atoms with Gasteiger partial charge in [0, 0.05) is 31.7 Å². The molecule has 0 aliphatic carbocycles. The largest absolute Gasteiger partial charge is 0.384 e. The summed E-state index contributed by atoms with van der Waals surface area (Å²) in [6.07, 6.45) is 0.501. The van der Waals surface area contributed by atoms with Crippen LogP contribution < -0.4 is 10.6 Å². The lowest BCUT2D eigenvalue weighted by molar-refractivity contribution is -0.120. The van der Waals surface area contributed by atoms with Gasteiger partial charge in [0.15, 0.2) is 0 Å². The SMILES string of the molecule is Cc1ccc(C)c(NCCC(=O)NCCN(C)C)c1. The minimum atomic E-state index is 0.0969. The van der Waals surface area contributed by atoms with Gasteiger partial charge < -0.3 is 15.5 Å². The average Bonchev–Trinajstić information content (AvgIpc) is 2.33. The number of nitrogens with zero attached hydrogens (tertiary/aromatic N) is 1. The van der Waals surface area contributed by atoms with Gasteiger partial charge in [0.1, 0.15) is 0 Å². The summed E-state index contributed by atoms with van der Waals surface area (Å²) in [7, 11) is 3.99. The Labute approximate surface area is 116 Å². The summed E-state index contributed by atoms with van der Waals surface area (Å²) in [5.41, 5.74) is 3.54. The minimum absolute atomic E-state index is 0.0969. The molecule has 0 aliphatic rings. The molecule has 0 spiro atoms. The first-order valence-electron chi connectivity index (χ1n) is 6.71. The zero-order chi connectivity index (χ0) is 14.3. The predicted molar refractivity (Wildman–Crippen MR) is 80.6 cm³/mol. The molecule has 0 unspecified atom stereocenters. The van der Waals surface area contributed by atoms with Crippen LogP contribution in [-0.4, -0.2) is 44.5 Å². The third kappa shape index (κ3) is 6.25. The Morgan fingerprint density at radius 3 is 2.63 bits per heavy atom. The van der Waals surface area contributed by atoms with Gasteiger partial charge in [-0.25, -0.2) is 0 Å². The van der Waals surface area contributed by atoms with Gasteiger partial charge in [0.05, 0.1) is 0 Å². The summed E-state index contributed by atoms with van der Waals surface area (Å²) in [6, 6.07) is 6.29. The topological polar surface area (TPSA) is 44.4 Å². The molecule has 0 heterocycles. The zero-order valence-electron chi connectivity index (χ0n) is 12.4. The van der Waals surface area contributed by atoms with Gasteiger partial charge in [-0.3, -0.25) is 4.79 Å². The molecule has 0 fully saturated rings. The van der Waals surface area contributed by atoms with Gasteiger partial charge in [-0.2, -0.15) is 0 Å². The number of carbonyl (C=O) groups excluding carboxylic acids is 1. The lowest BCUT2D eigenvalue weighted by Gasteiger charge is -2.12. The van der Waals surface area contributed by atoms with Crippen LogP contribution >= 0.6 is 0 Å². The van der Waals surface area contributed by atoms with Crippen LogP contribution in [0.25, 0.3) is 0 Å². The standard InChI is InChI=1S/C15H25N3O/c1-12-5-6-13(2)14(11-12)16-8-7-15(19)17-9-10-18(3)4/h5-6,11,16H,7-10H2,1-4H3,(H,17,19). The summed E-state index contributed by atoms with van der Waals surface area (Å²) in [4.78, 5) is 13.6. The fourth-order valence-corrected chi connectivity index (χ4v) is 1.74. The van der Waals surface area contributed by atoms with Crippen LogP contribution in [0.1, 0.15) is 17.5 Å². The lowest BCUT2D eigenvalue weighted by Crippen LogP contribution is -2.32. The minimum Gasteiger partial charge on any atom is -0.384 e. The van der Waals surface area contributed by atoms with E-state index in [4.69, 9.17) is 0 Å². The first kappa shape index (κ1) is 15.5. The highest BCUT2D eigenvalue weighted by Crippen LogP contribution is 2.15. The average molecular weight is 263 g/mol. The van der Waals surface area contributed by atoms with Crippen molar-refractivity contribution in [3.63, 3.8) is 0 Å². The molecule has 0 bridgehead atoms. The van der Waals surface area contributed by atoms with Crippen LogP contribution in [0.15, 0.2) is 18.2 Å². The van der Waals surface area contributed by atoms with E-state index in [2.05, 4.69) is 47.6 Å². The van der Waals surface area contributed by atoms with E-state index in [1.54, 1.807) is 0 Å². The lowest BCUT2D eigenvalue weighted by atomic mass is 10.1. The number of likely N-dealkylation sites (N-methyl/N-ethyl adjacent to an activating group) is 1. The Kier molecular flexibility index (Phi) is 6.36.